The van der Waals surface area contributed by atoms with E-state index in [0.717, 1.165) is 23.4 Å². The van der Waals surface area contributed by atoms with Gasteiger partial charge in [0.1, 0.15) is 11.6 Å². The fourth-order valence-electron chi connectivity index (χ4n) is 4.22. The lowest BCUT2D eigenvalue weighted by molar-refractivity contribution is 0.0947. The smallest absolute Gasteiger partial charge is 0.263 e. The van der Waals surface area contributed by atoms with Crippen molar-refractivity contribution in [2.24, 2.45) is 0 Å². The maximum atomic E-state index is 14.0. The Hall–Kier alpha value is -3.31. The molecular weight excluding hydrogens is 488 g/mol. The molecule has 0 aliphatic carbocycles. The zero-order valence-corrected chi connectivity index (χ0v) is 21.3. The number of nitrogens with one attached hydrogen (secondary N) is 1. The van der Waals surface area contributed by atoms with Crippen molar-refractivity contribution in [3.05, 3.63) is 76.5 Å². The molecule has 11 heteroatoms. The zero-order valence-electron chi connectivity index (χ0n) is 20.5. The number of sulfonamides is 1. The van der Waals surface area contributed by atoms with E-state index in [2.05, 4.69) is 15.3 Å². The summed E-state index contributed by atoms with van der Waals surface area (Å²) < 4.78 is 56.9. The number of aromatic nitrogens is 2. The van der Waals surface area contributed by atoms with Crippen LogP contribution in [0.4, 0.5) is 14.5 Å². The fourth-order valence-corrected chi connectivity index (χ4v) is 5.74. The van der Waals surface area contributed by atoms with Crippen molar-refractivity contribution in [2.45, 2.75) is 38.9 Å². The number of benzene rings is 2. The van der Waals surface area contributed by atoms with E-state index in [4.69, 9.17) is 0 Å². The molecule has 1 fully saturated rings. The third-order valence-corrected chi connectivity index (χ3v) is 8.33. The summed E-state index contributed by atoms with van der Waals surface area (Å²) in [6.07, 6.45) is 1.37. The molecule has 0 bridgehead atoms. The van der Waals surface area contributed by atoms with Gasteiger partial charge in [0.25, 0.3) is 15.9 Å². The molecule has 8 nitrogen and oxygen atoms in total. The number of hydrogen-bond acceptors (Lipinski definition) is 5. The van der Waals surface area contributed by atoms with Crippen molar-refractivity contribution >= 4 is 21.6 Å². The van der Waals surface area contributed by atoms with E-state index in [-0.39, 0.29) is 35.8 Å². The van der Waals surface area contributed by atoms with E-state index in [1.807, 2.05) is 32.0 Å². The lowest BCUT2D eigenvalue weighted by Crippen LogP contribution is -2.49. The van der Waals surface area contributed by atoms with Gasteiger partial charge in [0, 0.05) is 62.8 Å². The average molecular weight is 518 g/mol. The van der Waals surface area contributed by atoms with Crippen molar-refractivity contribution in [1.82, 2.24) is 19.4 Å². The molecule has 36 heavy (non-hydrogen) atoms. The van der Waals surface area contributed by atoms with Crippen LogP contribution in [0.5, 0.6) is 0 Å². The SMILES string of the molecule is CCn1cc(C(=O)NCc2ccc(F)cc2F)c(S(=O)(=O)N2CCN(c3cccc(C)c3C)CC2)n1. The first kappa shape index (κ1) is 25.8. The first-order valence-electron chi connectivity index (χ1n) is 11.7. The number of hydrogen-bond donors (Lipinski definition) is 1. The highest BCUT2D eigenvalue weighted by Gasteiger charge is 2.35. The molecule has 3 aromatic rings. The van der Waals surface area contributed by atoms with Gasteiger partial charge in [0.15, 0.2) is 0 Å². The normalized spacial score (nSPS) is 14.8. The van der Waals surface area contributed by atoms with Crippen LogP contribution < -0.4 is 10.2 Å². The van der Waals surface area contributed by atoms with E-state index in [1.54, 1.807) is 6.92 Å². The summed E-state index contributed by atoms with van der Waals surface area (Å²) in [5.41, 5.74) is 3.38. The highest BCUT2D eigenvalue weighted by Crippen LogP contribution is 2.26. The van der Waals surface area contributed by atoms with Crippen molar-refractivity contribution in [3.8, 4) is 0 Å². The summed E-state index contributed by atoms with van der Waals surface area (Å²) in [7, 11) is -4.06. The number of anilines is 1. The van der Waals surface area contributed by atoms with Crippen LogP contribution in [-0.2, 0) is 23.1 Å². The second-order valence-electron chi connectivity index (χ2n) is 8.73. The molecule has 2 aromatic carbocycles. The van der Waals surface area contributed by atoms with E-state index < -0.39 is 27.6 Å². The second-order valence-corrected chi connectivity index (χ2v) is 10.6. The summed E-state index contributed by atoms with van der Waals surface area (Å²) >= 11 is 0. The Labute approximate surface area is 209 Å². The van der Waals surface area contributed by atoms with Crippen molar-refractivity contribution in [2.75, 3.05) is 31.1 Å². The molecule has 0 unspecified atom stereocenters. The standard InChI is InChI=1S/C25H29F2N5O3S/c1-4-31-16-21(24(33)28-15-19-8-9-20(26)14-22(19)27)25(29-31)36(34,35)32-12-10-30(11-13-32)23-7-5-6-17(2)18(23)3/h5-9,14,16H,4,10-13,15H2,1-3H3,(H,28,33). The number of carbonyl (C=O) groups is 1. The highest BCUT2D eigenvalue weighted by atomic mass is 32.2. The Bertz CT molecular complexity index is 1380. The van der Waals surface area contributed by atoms with Crippen molar-refractivity contribution < 1.29 is 22.0 Å². The number of nitrogens with zero attached hydrogens (tertiary/aromatic N) is 4. The lowest BCUT2D eigenvalue weighted by atomic mass is 10.1. The van der Waals surface area contributed by atoms with Crippen LogP contribution in [0.15, 0.2) is 47.6 Å². The molecule has 2 heterocycles. The van der Waals surface area contributed by atoms with E-state index in [1.165, 1.54) is 26.8 Å². The van der Waals surface area contributed by atoms with Gasteiger partial charge in [-0.2, -0.15) is 9.40 Å². The Balaban J connectivity index is 1.51. The van der Waals surface area contributed by atoms with Gasteiger partial charge in [-0.25, -0.2) is 17.2 Å². The largest absolute Gasteiger partial charge is 0.369 e. The van der Waals surface area contributed by atoms with Crippen LogP contribution >= 0.6 is 0 Å². The third-order valence-electron chi connectivity index (χ3n) is 6.49. The molecule has 0 radical (unpaired) electrons. The summed E-state index contributed by atoms with van der Waals surface area (Å²) in [5.74, 6) is -2.22. The van der Waals surface area contributed by atoms with Gasteiger partial charge >= 0.3 is 0 Å². The molecule has 0 saturated carbocycles. The quantitative estimate of drug-likeness (QED) is 0.520. The Morgan fingerprint density at radius 3 is 2.47 bits per heavy atom. The molecule has 1 aromatic heterocycles. The zero-order chi connectivity index (χ0) is 26.0. The van der Waals surface area contributed by atoms with Gasteiger partial charge in [0.2, 0.25) is 5.03 Å². The van der Waals surface area contributed by atoms with Gasteiger partial charge in [-0.15, -0.1) is 0 Å². The van der Waals surface area contributed by atoms with Crippen molar-refractivity contribution in [3.63, 3.8) is 0 Å². The Kier molecular flexibility index (Phi) is 7.41. The van der Waals surface area contributed by atoms with Gasteiger partial charge in [-0.05, 0) is 44.0 Å². The summed E-state index contributed by atoms with van der Waals surface area (Å²) in [6, 6.07) is 9.11. The van der Waals surface area contributed by atoms with Crippen molar-refractivity contribution in [1.29, 1.82) is 0 Å². The van der Waals surface area contributed by atoms with E-state index in [0.29, 0.717) is 19.6 Å². The monoisotopic (exact) mass is 517 g/mol. The minimum atomic E-state index is -4.06. The van der Waals surface area contributed by atoms with Gasteiger partial charge in [0.05, 0.1) is 5.56 Å². The summed E-state index contributed by atoms with van der Waals surface area (Å²) in [4.78, 5) is 15.1. The summed E-state index contributed by atoms with van der Waals surface area (Å²) in [6.45, 7) is 7.51. The van der Waals surface area contributed by atoms with Gasteiger partial charge in [-0.3, -0.25) is 9.48 Å². The molecule has 0 spiro atoms. The molecule has 192 valence electrons. The Morgan fingerprint density at radius 1 is 1.08 bits per heavy atom. The van der Waals surface area contributed by atoms with E-state index in [9.17, 15) is 22.0 Å². The van der Waals surface area contributed by atoms with Gasteiger partial charge in [-0.1, -0.05) is 18.2 Å². The van der Waals surface area contributed by atoms with Crippen LogP contribution in [0.25, 0.3) is 0 Å². The summed E-state index contributed by atoms with van der Waals surface area (Å²) in [5, 5.41) is 6.36. The second kappa shape index (κ2) is 10.4. The number of piperazine rings is 1. The molecule has 1 aliphatic heterocycles. The average Bonchev–Trinajstić information content (AvgIpc) is 3.31. The molecule has 1 N–H and O–H groups in total. The number of halogens is 2. The van der Waals surface area contributed by atoms with Crippen LogP contribution in [-0.4, -0.2) is 54.6 Å². The molecular formula is C25H29F2N5O3S. The number of carbonyl (C=O) groups excluding carboxylic acids is 1. The molecule has 1 amide bonds. The predicted molar refractivity (Wildman–Crippen MR) is 132 cm³/mol. The topological polar surface area (TPSA) is 87.5 Å². The van der Waals surface area contributed by atoms with Gasteiger partial charge < -0.3 is 10.2 Å². The first-order chi connectivity index (χ1) is 17.1. The molecule has 1 saturated heterocycles. The fraction of sp³-hybridized carbons (Fsp3) is 0.360. The maximum absolute atomic E-state index is 14.0. The van der Waals surface area contributed by atoms with Crippen LogP contribution in [0, 0.1) is 25.5 Å². The molecule has 0 atom stereocenters. The molecule has 1 aliphatic rings. The van der Waals surface area contributed by atoms with Crippen LogP contribution in [0.1, 0.15) is 34.0 Å². The number of aryl methyl sites for hydroxylation is 2. The molecule has 4 rings (SSSR count). The van der Waals surface area contributed by atoms with Crippen LogP contribution in [0.3, 0.4) is 0 Å². The lowest BCUT2D eigenvalue weighted by Gasteiger charge is -2.36. The predicted octanol–water partition coefficient (Wildman–Crippen LogP) is 3.24. The highest BCUT2D eigenvalue weighted by molar-refractivity contribution is 7.89. The minimum absolute atomic E-state index is 0.0830. The maximum Gasteiger partial charge on any atom is 0.263 e. The number of rotatable bonds is 7. The Morgan fingerprint density at radius 2 is 1.81 bits per heavy atom. The van der Waals surface area contributed by atoms with Crippen LogP contribution in [0.2, 0.25) is 0 Å². The first-order valence-corrected chi connectivity index (χ1v) is 13.2. The minimum Gasteiger partial charge on any atom is -0.369 e. The third kappa shape index (κ3) is 5.12. The number of amides is 1. The van der Waals surface area contributed by atoms with E-state index >= 15 is 0 Å².